The molecule has 1 fully saturated rings. The van der Waals surface area contributed by atoms with E-state index in [1.807, 2.05) is 0 Å². The highest BCUT2D eigenvalue weighted by Gasteiger charge is 2.14. The molecule has 1 aliphatic heterocycles. The minimum absolute atomic E-state index is 0.746. The van der Waals surface area contributed by atoms with Crippen molar-refractivity contribution in [2.45, 2.75) is 32.1 Å². The summed E-state index contributed by atoms with van der Waals surface area (Å²) >= 11 is 0. The van der Waals surface area contributed by atoms with Crippen LogP contribution in [-0.2, 0) is 6.42 Å². The minimum Gasteiger partial charge on any atom is -0.316 e. The molecule has 1 unspecified atom stereocenters. The Balaban J connectivity index is 2.13. The van der Waals surface area contributed by atoms with Crippen LogP contribution in [0.25, 0.3) is 0 Å². The highest BCUT2D eigenvalue weighted by atomic mass is 14.9. The first kappa shape index (κ1) is 9.72. The predicted octanol–water partition coefficient (Wildman–Crippen LogP) is 2.72. The monoisotopic (exact) mass is 189 g/mol. The van der Waals surface area contributed by atoms with Crippen molar-refractivity contribution in [3.63, 3.8) is 0 Å². The molecule has 0 aromatic heterocycles. The zero-order valence-electron chi connectivity index (χ0n) is 8.92. The van der Waals surface area contributed by atoms with E-state index in [0.717, 1.165) is 18.9 Å². The van der Waals surface area contributed by atoms with Crippen LogP contribution in [0.4, 0.5) is 0 Å². The van der Waals surface area contributed by atoms with Gasteiger partial charge in [-0.15, -0.1) is 0 Å². The Hall–Kier alpha value is -0.820. The number of nitrogens with one attached hydrogen (secondary N) is 1. The van der Waals surface area contributed by atoms with Gasteiger partial charge in [-0.25, -0.2) is 0 Å². The molecule has 14 heavy (non-hydrogen) atoms. The third kappa shape index (κ3) is 2.16. The van der Waals surface area contributed by atoms with Crippen LogP contribution < -0.4 is 5.32 Å². The first-order chi connectivity index (χ1) is 6.90. The molecule has 0 bridgehead atoms. The van der Waals surface area contributed by atoms with E-state index in [2.05, 4.69) is 36.5 Å². The van der Waals surface area contributed by atoms with E-state index in [0.29, 0.717) is 0 Å². The molecule has 1 heteroatoms. The van der Waals surface area contributed by atoms with Crippen molar-refractivity contribution in [2.24, 2.45) is 0 Å². The molecule has 2 rings (SSSR count). The van der Waals surface area contributed by atoms with Gasteiger partial charge in [0, 0.05) is 6.54 Å². The van der Waals surface area contributed by atoms with Crippen LogP contribution in [0, 0.1) is 0 Å². The summed E-state index contributed by atoms with van der Waals surface area (Å²) in [6, 6.07) is 9.07. The number of hydrogen-bond donors (Lipinski definition) is 1. The molecule has 76 valence electrons. The van der Waals surface area contributed by atoms with Crippen LogP contribution in [0.2, 0.25) is 0 Å². The van der Waals surface area contributed by atoms with Crippen LogP contribution in [0.3, 0.4) is 0 Å². The number of aryl methyl sites for hydroxylation is 1. The Kier molecular flexibility index (Phi) is 3.20. The summed E-state index contributed by atoms with van der Waals surface area (Å²) in [6.07, 6.45) is 3.81. The van der Waals surface area contributed by atoms with Gasteiger partial charge in [-0.3, -0.25) is 0 Å². The second-order valence-electron chi connectivity index (χ2n) is 4.14. The predicted molar refractivity (Wildman–Crippen MR) is 60.7 cm³/mol. The molecule has 0 radical (unpaired) electrons. The number of hydrogen-bond acceptors (Lipinski definition) is 1. The van der Waals surface area contributed by atoms with Crippen LogP contribution >= 0.6 is 0 Å². The first-order valence-corrected chi connectivity index (χ1v) is 5.69. The maximum absolute atomic E-state index is 3.47. The average Bonchev–Trinajstić information content (AvgIpc) is 2.30. The Morgan fingerprint density at radius 1 is 1.43 bits per heavy atom. The van der Waals surface area contributed by atoms with E-state index >= 15 is 0 Å². The molecule has 1 nitrogen and oxygen atoms in total. The van der Waals surface area contributed by atoms with E-state index in [-0.39, 0.29) is 0 Å². The third-order valence-electron chi connectivity index (χ3n) is 3.13. The minimum atomic E-state index is 0.746. The second kappa shape index (κ2) is 4.61. The summed E-state index contributed by atoms with van der Waals surface area (Å²) in [7, 11) is 0. The summed E-state index contributed by atoms with van der Waals surface area (Å²) in [6.45, 7) is 4.58. The van der Waals surface area contributed by atoms with E-state index in [1.54, 1.807) is 0 Å². The first-order valence-electron chi connectivity index (χ1n) is 5.69. The molecule has 1 atom stereocenters. The highest BCUT2D eigenvalue weighted by molar-refractivity contribution is 5.27. The fourth-order valence-corrected chi connectivity index (χ4v) is 2.20. The van der Waals surface area contributed by atoms with Gasteiger partial charge < -0.3 is 5.32 Å². The molecule has 1 aromatic rings. The smallest absolute Gasteiger partial charge is 0.00201 e. The van der Waals surface area contributed by atoms with Gasteiger partial charge in [0.2, 0.25) is 0 Å². The lowest BCUT2D eigenvalue weighted by molar-refractivity contribution is 0.461. The van der Waals surface area contributed by atoms with Crippen molar-refractivity contribution >= 4 is 0 Å². The van der Waals surface area contributed by atoms with Gasteiger partial charge in [-0.2, -0.15) is 0 Å². The quantitative estimate of drug-likeness (QED) is 0.754. The number of benzene rings is 1. The lowest BCUT2D eigenvalue weighted by Gasteiger charge is -2.23. The van der Waals surface area contributed by atoms with Gasteiger partial charge in [0.15, 0.2) is 0 Å². The topological polar surface area (TPSA) is 12.0 Å². The van der Waals surface area contributed by atoms with Gasteiger partial charge in [-0.05, 0) is 42.9 Å². The molecular formula is C13H19N. The highest BCUT2D eigenvalue weighted by Crippen LogP contribution is 2.23. The van der Waals surface area contributed by atoms with Crippen LogP contribution in [0.15, 0.2) is 24.3 Å². The summed E-state index contributed by atoms with van der Waals surface area (Å²) in [4.78, 5) is 0. The molecule has 1 N–H and O–H groups in total. The standard InChI is InChI=1S/C13H19N/c1-2-11-5-3-6-12(9-11)13-7-4-8-14-10-13/h3,5-6,9,13-14H,2,4,7-8,10H2,1H3. The van der Waals surface area contributed by atoms with Gasteiger partial charge in [0.05, 0.1) is 0 Å². The lowest BCUT2D eigenvalue weighted by atomic mass is 9.90. The molecule has 1 heterocycles. The zero-order valence-corrected chi connectivity index (χ0v) is 8.92. The largest absolute Gasteiger partial charge is 0.316 e. The van der Waals surface area contributed by atoms with Crippen molar-refractivity contribution in [1.82, 2.24) is 5.32 Å². The molecule has 1 saturated heterocycles. The SMILES string of the molecule is CCc1cccc(C2CCCNC2)c1. The van der Waals surface area contributed by atoms with Crippen LogP contribution in [0.5, 0.6) is 0 Å². The van der Waals surface area contributed by atoms with E-state index in [1.165, 1.54) is 30.5 Å². The number of piperidine rings is 1. The second-order valence-corrected chi connectivity index (χ2v) is 4.14. The Labute approximate surface area is 86.5 Å². The molecule has 0 amide bonds. The summed E-state index contributed by atoms with van der Waals surface area (Å²) in [5.41, 5.74) is 2.99. The normalized spacial score (nSPS) is 22.2. The van der Waals surface area contributed by atoms with Gasteiger partial charge in [-0.1, -0.05) is 31.2 Å². The van der Waals surface area contributed by atoms with Gasteiger partial charge in [0.1, 0.15) is 0 Å². The Morgan fingerprint density at radius 2 is 2.36 bits per heavy atom. The maximum Gasteiger partial charge on any atom is 0.00201 e. The summed E-state index contributed by atoms with van der Waals surface area (Å²) in [5.74, 6) is 0.746. The third-order valence-corrected chi connectivity index (χ3v) is 3.13. The van der Waals surface area contributed by atoms with Gasteiger partial charge >= 0.3 is 0 Å². The number of rotatable bonds is 2. The summed E-state index contributed by atoms with van der Waals surface area (Å²) < 4.78 is 0. The average molecular weight is 189 g/mol. The van der Waals surface area contributed by atoms with Crippen LogP contribution in [-0.4, -0.2) is 13.1 Å². The maximum atomic E-state index is 3.47. The fraction of sp³-hybridized carbons (Fsp3) is 0.538. The molecular weight excluding hydrogens is 170 g/mol. The van der Waals surface area contributed by atoms with Crippen molar-refractivity contribution < 1.29 is 0 Å². The Bertz CT molecular complexity index is 287. The van der Waals surface area contributed by atoms with E-state index in [9.17, 15) is 0 Å². The molecule has 0 saturated carbocycles. The molecule has 0 aliphatic carbocycles. The zero-order chi connectivity index (χ0) is 9.80. The van der Waals surface area contributed by atoms with Crippen molar-refractivity contribution in [1.29, 1.82) is 0 Å². The molecule has 1 aliphatic rings. The van der Waals surface area contributed by atoms with Gasteiger partial charge in [0.25, 0.3) is 0 Å². The fourth-order valence-electron chi connectivity index (χ4n) is 2.20. The molecule has 0 spiro atoms. The van der Waals surface area contributed by atoms with Crippen molar-refractivity contribution in [3.8, 4) is 0 Å². The summed E-state index contributed by atoms with van der Waals surface area (Å²) in [5, 5.41) is 3.47. The lowest BCUT2D eigenvalue weighted by Crippen LogP contribution is -2.28. The Morgan fingerprint density at radius 3 is 3.07 bits per heavy atom. The van der Waals surface area contributed by atoms with Crippen molar-refractivity contribution in [2.75, 3.05) is 13.1 Å². The van der Waals surface area contributed by atoms with E-state index in [4.69, 9.17) is 0 Å². The molecule has 1 aromatic carbocycles. The van der Waals surface area contributed by atoms with Crippen LogP contribution in [0.1, 0.15) is 36.8 Å². The van der Waals surface area contributed by atoms with Crippen molar-refractivity contribution in [3.05, 3.63) is 35.4 Å². The van der Waals surface area contributed by atoms with E-state index < -0.39 is 0 Å².